The fourth-order valence-corrected chi connectivity index (χ4v) is 2.15. The summed E-state index contributed by atoms with van der Waals surface area (Å²) < 4.78 is 0. The van der Waals surface area contributed by atoms with Gasteiger partial charge < -0.3 is 10.2 Å². The highest BCUT2D eigenvalue weighted by Crippen LogP contribution is 2.11. The van der Waals surface area contributed by atoms with Crippen LogP contribution in [0.1, 0.15) is 64.2 Å². The Morgan fingerprint density at radius 2 is 0.955 bits per heavy atom. The minimum atomic E-state index is -0.732. The van der Waals surface area contributed by atoms with Crippen LogP contribution >= 0.6 is 0 Å². The van der Waals surface area contributed by atoms with Gasteiger partial charge in [-0.25, -0.2) is 0 Å². The fraction of sp³-hybridized carbons (Fsp3) is 0.600. The summed E-state index contributed by atoms with van der Waals surface area (Å²) in [5.41, 5.74) is 0. The Kier molecular flexibility index (Phi) is 14.8. The molecule has 0 saturated heterocycles. The number of aliphatic hydroxyl groups is 2. The van der Waals surface area contributed by atoms with Crippen molar-refractivity contribution in [3.05, 3.63) is 24.3 Å². The Bertz CT molecular complexity index is 343. The number of rotatable bonds is 13. The normalized spacial score (nSPS) is 14.0. The zero-order valence-corrected chi connectivity index (χ0v) is 13.6. The highest BCUT2D eigenvalue weighted by molar-refractivity contribution is 5.06. The van der Waals surface area contributed by atoms with Crippen molar-refractivity contribution in [1.29, 1.82) is 0 Å². The first kappa shape index (κ1) is 20.5. The molecule has 0 fully saturated rings. The van der Waals surface area contributed by atoms with E-state index in [9.17, 15) is 0 Å². The molecule has 2 N–H and O–H groups in total. The molecule has 0 aliphatic heterocycles. The number of hydrogen-bond donors (Lipinski definition) is 2. The van der Waals surface area contributed by atoms with Crippen LogP contribution < -0.4 is 0 Å². The molecule has 0 aliphatic carbocycles. The Balaban J connectivity index is 3.22. The summed E-state index contributed by atoms with van der Waals surface area (Å²) in [5, 5.41) is 18.3. The molecular weight excluding hydrogens is 272 g/mol. The van der Waals surface area contributed by atoms with Crippen LogP contribution in [0.25, 0.3) is 0 Å². The topological polar surface area (TPSA) is 40.5 Å². The van der Waals surface area contributed by atoms with Crippen molar-refractivity contribution in [3.8, 4) is 24.7 Å². The van der Waals surface area contributed by atoms with Crippen molar-refractivity contribution in [2.45, 2.75) is 76.4 Å². The summed E-state index contributed by atoms with van der Waals surface area (Å²) in [4.78, 5) is 0. The molecule has 0 rings (SSSR count). The standard InChI is InChI=1S/C20H30O2/c1-3-19(21)17-15-13-11-9-7-5-6-8-10-12-14-16-18-20(22)4-2/h1-2,15-22H,5-14H2/b17-15+,18-16+/t19-,20+. The second-order valence-corrected chi connectivity index (χ2v) is 5.49. The van der Waals surface area contributed by atoms with Crippen molar-refractivity contribution in [2.24, 2.45) is 0 Å². The van der Waals surface area contributed by atoms with Crippen LogP contribution in [0.5, 0.6) is 0 Å². The smallest absolute Gasteiger partial charge is 0.133 e. The lowest BCUT2D eigenvalue weighted by molar-refractivity contribution is 0.280. The van der Waals surface area contributed by atoms with Gasteiger partial charge in [0.2, 0.25) is 0 Å². The molecule has 22 heavy (non-hydrogen) atoms. The Hall–Kier alpha value is -1.48. The minimum absolute atomic E-state index is 0.732. The zero-order valence-electron chi connectivity index (χ0n) is 13.6. The predicted molar refractivity (Wildman–Crippen MR) is 94.1 cm³/mol. The van der Waals surface area contributed by atoms with Crippen molar-refractivity contribution in [3.63, 3.8) is 0 Å². The van der Waals surface area contributed by atoms with E-state index in [2.05, 4.69) is 11.8 Å². The molecule has 0 amide bonds. The lowest BCUT2D eigenvalue weighted by Gasteiger charge is -2.01. The summed E-state index contributed by atoms with van der Waals surface area (Å²) in [6.07, 6.45) is 27.9. The summed E-state index contributed by atoms with van der Waals surface area (Å²) in [6, 6.07) is 0. The molecule has 0 unspecified atom stereocenters. The number of terminal acetylenes is 2. The largest absolute Gasteiger partial charge is 0.377 e. The second-order valence-electron chi connectivity index (χ2n) is 5.49. The van der Waals surface area contributed by atoms with E-state index in [0.717, 1.165) is 25.7 Å². The maximum absolute atomic E-state index is 9.13. The molecule has 0 saturated carbocycles. The molecule has 2 heteroatoms. The number of hydrogen-bond acceptors (Lipinski definition) is 2. The van der Waals surface area contributed by atoms with Gasteiger partial charge in [-0.15, -0.1) is 12.8 Å². The van der Waals surface area contributed by atoms with Crippen LogP contribution in [0, 0.1) is 24.7 Å². The third-order valence-corrected chi connectivity index (χ3v) is 3.47. The molecule has 0 spiro atoms. The first-order valence-electron chi connectivity index (χ1n) is 8.32. The minimum Gasteiger partial charge on any atom is -0.377 e. The number of allylic oxidation sites excluding steroid dienone is 2. The molecule has 0 radical (unpaired) electrons. The van der Waals surface area contributed by atoms with E-state index in [-0.39, 0.29) is 0 Å². The summed E-state index contributed by atoms with van der Waals surface area (Å²) in [5.74, 6) is 4.52. The van der Waals surface area contributed by atoms with Crippen LogP contribution in [0.15, 0.2) is 24.3 Å². The van der Waals surface area contributed by atoms with E-state index in [1.165, 1.54) is 38.5 Å². The molecule has 0 aromatic heterocycles. The molecular formula is C20H30O2. The average molecular weight is 302 g/mol. The van der Waals surface area contributed by atoms with Crippen LogP contribution in [0.3, 0.4) is 0 Å². The highest BCUT2D eigenvalue weighted by atomic mass is 16.3. The van der Waals surface area contributed by atoms with Crippen molar-refractivity contribution < 1.29 is 10.2 Å². The van der Waals surface area contributed by atoms with Crippen LogP contribution in [-0.4, -0.2) is 22.4 Å². The van der Waals surface area contributed by atoms with Crippen molar-refractivity contribution in [1.82, 2.24) is 0 Å². The maximum atomic E-state index is 9.13. The van der Waals surface area contributed by atoms with Crippen LogP contribution in [0.4, 0.5) is 0 Å². The molecule has 2 atom stereocenters. The first-order valence-corrected chi connectivity index (χ1v) is 8.32. The van der Waals surface area contributed by atoms with Gasteiger partial charge in [0, 0.05) is 0 Å². The van der Waals surface area contributed by atoms with Crippen molar-refractivity contribution >= 4 is 0 Å². The Morgan fingerprint density at radius 1 is 0.636 bits per heavy atom. The second kappa shape index (κ2) is 15.9. The van der Waals surface area contributed by atoms with E-state index >= 15 is 0 Å². The van der Waals surface area contributed by atoms with Gasteiger partial charge in [0.05, 0.1) is 0 Å². The van der Waals surface area contributed by atoms with E-state index in [0.29, 0.717) is 0 Å². The predicted octanol–water partition coefficient (Wildman–Crippen LogP) is 3.99. The lowest BCUT2D eigenvalue weighted by Crippen LogP contribution is -1.95. The van der Waals surface area contributed by atoms with Gasteiger partial charge >= 0.3 is 0 Å². The molecule has 0 aromatic rings. The molecule has 2 nitrogen and oxygen atoms in total. The van der Waals surface area contributed by atoms with Crippen molar-refractivity contribution in [2.75, 3.05) is 0 Å². The zero-order chi connectivity index (χ0) is 16.5. The van der Waals surface area contributed by atoms with Crippen LogP contribution in [-0.2, 0) is 0 Å². The Morgan fingerprint density at radius 3 is 1.27 bits per heavy atom. The fourth-order valence-electron chi connectivity index (χ4n) is 2.15. The lowest BCUT2D eigenvalue weighted by atomic mass is 10.1. The molecule has 0 bridgehead atoms. The molecule has 0 heterocycles. The Labute approximate surface area is 136 Å². The third-order valence-electron chi connectivity index (χ3n) is 3.47. The molecule has 0 aliphatic rings. The number of unbranched alkanes of at least 4 members (excludes halogenated alkanes) is 9. The van der Waals surface area contributed by atoms with E-state index in [1.807, 2.05) is 12.2 Å². The highest BCUT2D eigenvalue weighted by Gasteiger charge is 1.93. The molecule has 0 aromatic carbocycles. The monoisotopic (exact) mass is 302 g/mol. The van der Waals surface area contributed by atoms with E-state index in [1.54, 1.807) is 12.2 Å². The van der Waals surface area contributed by atoms with E-state index in [4.69, 9.17) is 23.1 Å². The van der Waals surface area contributed by atoms with Gasteiger partial charge in [-0.05, 0) is 37.8 Å². The first-order chi connectivity index (χ1) is 10.7. The van der Waals surface area contributed by atoms with Gasteiger partial charge in [0.15, 0.2) is 0 Å². The summed E-state index contributed by atoms with van der Waals surface area (Å²) in [6.45, 7) is 0. The maximum Gasteiger partial charge on any atom is 0.133 e. The van der Waals surface area contributed by atoms with E-state index < -0.39 is 12.2 Å². The molecule has 122 valence electrons. The van der Waals surface area contributed by atoms with Gasteiger partial charge in [-0.3, -0.25) is 0 Å². The van der Waals surface area contributed by atoms with Gasteiger partial charge in [-0.1, -0.05) is 62.5 Å². The number of aliphatic hydroxyl groups excluding tert-OH is 2. The summed E-state index contributed by atoms with van der Waals surface area (Å²) >= 11 is 0. The van der Waals surface area contributed by atoms with Gasteiger partial charge in [-0.2, -0.15) is 0 Å². The van der Waals surface area contributed by atoms with Gasteiger partial charge in [0.25, 0.3) is 0 Å². The SMILES string of the molecule is C#C[C@@H](O)/C=C/CCCCCCCCCC/C=C/[C@@H](O)C#C. The van der Waals surface area contributed by atoms with Crippen LogP contribution in [0.2, 0.25) is 0 Å². The summed E-state index contributed by atoms with van der Waals surface area (Å²) in [7, 11) is 0. The average Bonchev–Trinajstić information content (AvgIpc) is 2.54. The van der Waals surface area contributed by atoms with Gasteiger partial charge in [0.1, 0.15) is 12.2 Å². The third kappa shape index (κ3) is 14.9. The quantitative estimate of drug-likeness (QED) is 0.307.